The first-order valence-electron chi connectivity index (χ1n) is 6.84. The number of anilines is 1. The number of rotatable bonds is 2. The monoisotopic (exact) mass is 256 g/mol. The van der Waals surface area contributed by atoms with Crippen LogP contribution in [0.25, 0.3) is 11.5 Å². The molecule has 0 radical (unpaired) electrons. The van der Waals surface area contributed by atoms with Crippen molar-refractivity contribution in [2.75, 3.05) is 5.73 Å². The Morgan fingerprint density at radius 1 is 1.26 bits per heavy atom. The van der Waals surface area contributed by atoms with Crippen LogP contribution in [0.3, 0.4) is 0 Å². The maximum Gasteiger partial charge on any atom is 0.260 e. The fourth-order valence-corrected chi connectivity index (χ4v) is 3.66. The fraction of sp³-hybridized carbons (Fsp3) is 0.500. The summed E-state index contributed by atoms with van der Waals surface area (Å²) in [6, 6.07) is 1.81. The summed E-state index contributed by atoms with van der Waals surface area (Å²) < 4.78 is 5.38. The predicted molar refractivity (Wildman–Crippen MR) is 70.1 cm³/mol. The van der Waals surface area contributed by atoms with Gasteiger partial charge in [-0.3, -0.25) is 4.98 Å². The number of hydrogen-bond acceptors (Lipinski definition) is 5. The topological polar surface area (TPSA) is 77.8 Å². The van der Waals surface area contributed by atoms with Crippen LogP contribution in [-0.4, -0.2) is 15.1 Å². The summed E-state index contributed by atoms with van der Waals surface area (Å²) in [6.45, 7) is 0. The molecule has 0 spiro atoms. The molecule has 5 nitrogen and oxygen atoms in total. The van der Waals surface area contributed by atoms with E-state index >= 15 is 0 Å². The Bertz CT molecular complexity index is 609. The lowest BCUT2D eigenvalue weighted by Gasteiger charge is -2.17. The highest BCUT2D eigenvalue weighted by Crippen LogP contribution is 2.52. The summed E-state index contributed by atoms with van der Waals surface area (Å²) in [6.07, 6.45) is 8.55. The zero-order valence-electron chi connectivity index (χ0n) is 10.6. The van der Waals surface area contributed by atoms with Crippen LogP contribution < -0.4 is 5.73 Å². The average Bonchev–Trinajstić information content (AvgIpc) is 3.15. The van der Waals surface area contributed by atoms with E-state index in [1.54, 1.807) is 12.4 Å². The fourth-order valence-electron chi connectivity index (χ4n) is 3.66. The maximum absolute atomic E-state index is 5.89. The summed E-state index contributed by atoms with van der Waals surface area (Å²) in [5, 5.41) is 4.17. The minimum Gasteiger partial charge on any atom is -0.397 e. The average molecular weight is 256 g/mol. The molecule has 98 valence electrons. The summed E-state index contributed by atoms with van der Waals surface area (Å²) in [5.41, 5.74) is 7.24. The molecule has 2 aromatic rings. The van der Waals surface area contributed by atoms with Crippen LogP contribution in [0.5, 0.6) is 0 Å². The van der Waals surface area contributed by atoms with Gasteiger partial charge in [0.1, 0.15) is 0 Å². The van der Waals surface area contributed by atoms with Crippen molar-refractivity contribution in [1.82, 2.24) is 15.1 Å². The van der Waals surface area contributed by atoms with Crippen LogP contribution in [-0.2, 0) is 0 Å². The zero-order chi connectivity index (χ0) is 12.8. The first-order valence-corrected chi connectivity index (χ1v) is 6.84. The number of hydrogen-bond donors (Lipinski definition) is 1. The Balaban J connectivity index is 1.65. The first-order chi connectivity index (χ1) is 9.31. The van der Waals surface area contributed by atoms with Gasteiger partial charge < -0.3 is 10.3 Å². The van der Waals surface area contributed by atoms with Gasteiger partial charge in [-0.25, -0.2) is 0 Å². The number of nitrogens with two attached hydrogens (primary N) is 1. The molecule has 0 saturated heterocycles. The van der Waals surface area contributed by atoms with Crippen LogP contribution in [0, 0.1) is 11.8 Å². The number of nitrogen functional groups attached to an aromatic ring is 1. The third kappa shape index (κ3) is 1.72. The van der Waals surface area contributed by atoms with Gasteiger partial charge in [-0.05, 0) is 37.2 Å². The van der Waals surface area contributed by atoms with E-state index in [1.807, 2.05) is 6.07 Å². The molecule has 2 aliphatic rings. The summed E-state index contributed by atoms with van der Waals surface area (Å²) in [5.74, 6) is 3.49. The highest BCUT2D eigenvalue weighted by molar-refractivity contribution is 5.68. The van der Waals surface area contributed by atoms with E-state index in [0.29, 0.717) is 17.5 Å². The number of aromatic nitrogens is 3. The second-order valence-corrected chi connectivity index (χ2v) is 5.70. The minimum absolute atomic E-state index is 0.485. The molecular weight excluding hydrogens is 240 g/mol. The molecule has 2 N–H and O–H groups in total. The number of fused-ring (bicyclic) bond motifs is 2. The third-order valence-electron chi connectivity index (χ3n) is 4.59. The summed E-state index contributed by atoms with van der Waals surface area (Å²) >= 11 is 0. The van der Waals surface area contributed by atoms with E-state index < -0.39 is 0 Å². The molecule has 5 heteroatoms. The molecule has 2 aliphatic carbocycles. The molecule has 3 unspecified atom stereocenters. The van der Waals surface area contributed by atoms with Gasteiger partial charge in [0.2, 0.25) is 0 Å². The lowest BCUT2D eigenvalue weighted by Crippen LogP contribution is -2.09. The van der Waals surface area contributed by atoms with Crippen LogP contribution in [0.15, 0.2) is 23.0 Å². The Morgan fingerprint density at radius 2 is 2.21 bits per heavy atom. The first kappa shape index (κ1) is 11.0. The van der Waals surface area contributed by atoms with E-state index in [4.69, 9.17) is 10.3 Å². The summed E-state index contributed by atoms with van der Waals surface area (Å²) in [4.78, 5) is 8.53. The van der Waals surface area contributed by atoms with Gasteiger partial charge >= 0.3 is 0 Å². The zero-order valence-corrected chi connectivity index (χ0v) is 10.6. The Morgan fingerprint density at radius 3 is 2.95 bits per heavy atom. The molecule has 2 fully saturated rings. The van der Waals surface area contributed by atoms with E-state index in [2.05, 4.69) is 15.1 Å². The second kappa shape index (κ2) is 4.05. The predicted octanol–water partition coefficient (Wildman–Crippen LogP) is 2.62. The van der Waals surface area contributed by atoms with Gasteiger partial charge in [-0.2, -0.15) is 4.98 Å². The molecular formula is C14H16N4O. The van der Waals surface area contributed by atoms with Gasteiger partial charge in [-0.15, -0.1) is 0 Å². The van der Waals surface area contributed by atoms with Crippen molar-refractivity contribution >= 4 is 5.69 Å². The van der Waals surface area contributed by atoms with Crippen molar-refractivity contribution < 1.29 is 4.52 Å². The SMILES string of the molecule is Nc1cnccc1-c1nc(C2CC3CCC2C3)no1. The van der Waals surface area contributed by atoms with E-state index in [-0.39, 0.29) is 0 Å². The highest BCUT2D eigenvalue weighted by atomic mass is 16.5. The quantitative estimate of drug-likeness (QED) is 0.893. The standard InChI is InChI=1S/C14H16N4O/c15-12-7-16-4-3-10(12)14-17-13(18-19-14)11-6-8-1-2-9(11)5-8/h3-4,7-9,11H,1-2,5-6,15H2. The Kier molecular flexibility index (Phi) is 2.33. The maximum atomic E-state index is 5.89. The van der Waals surface area contributed by atoms with Crippen LogP contribution in [0.4, 0.5) is 5.69 Å². The Labute approximate surface area is 111 Å². The van der Waals surface area contributed by atoms with Crippen molar-refractivity contribution in [2.24, 2.45) is 11.8 Å². The largest absolute Gasteiger partial charge is 0.397 e. The van der Waals surface area contributed by atoms with E-state index in [0.717, 1.165) is 23.2 Å². The Hall–Kier alpha value is -1.91. The minimum atomic E-state index is 0.485. The summed E-state index contributed by atoms with van der Waals surface area (Å²) in [7, 11) is 0. The van der Waals surface area contributed by atoms with Crippen LogP contribution >= 0.6 is 0 Å². The lowest BCUT2D eigenvalue weighted by molar-refractivity contribution is 0.372. The normalized spacial score (nSPS) is 28.9. The molecule has 2 heterocycles. The molecule has 3 atom stereocenters. The molecule has 2 aromatic heterocycles. The number of pyridine rings is 1. The van der Waals surface area contributed by atoms with E-state index in [9.17, 15) is 0 Å². The molecule has 0 amide bonds. The number of nitrogens with zero attached hydrogens (tertiary/aromatic N) is 3. The van der Waals surface area contributed by atoms with Crippen LogP contribution in [0.2, 0.25) is 0 Å². The molecule has 2 bridgehead atoms. The lowest BCUT2D eigenvalue weighted by atomic mass is 9.88. The van der Waals surface area contributed by atoms with Crippen LogP contribution in [0.1, 0.15) is 37.4 Å². The van der Waals surface area contributed by atoms with Gasteiger partial charge in [0, 0.05) is 12.1 Å². The second-order valence-electron chi connectivity index (χ2n) is 5.70. The van der Waals surface area contributed by atoms with Crippen molar-refractivity contribution in [3.63, 3.8) is 0 Å². The van der Waals surface area contributed by atoms with Gasteiger partial charge in [0.05, 0.1) is 17.4 Å². The molecule has 0 aliphatic heterocycles. The van der Waals surface area contributed by atoms with Crippen molar-refractivity contribution in [3.8, 4) is 11.5 Å². The van der Waals surface area contributed by atoms with E-state index in [1.165, 1.54) is 25.7 Å². The van der Waals surface area contributed by atoms with Gasteiger partial charge in [0.25, 0.3) is 5.89 Å². The van der Waals surface area contributed by atoms with Gasteiger partial charge in [0.15, 0.2) is 5.82 Å². The van der Waals surface area contributed by atoms with Gasteiger partial charge in [-0.1, -0.05) is 11.6 Å². The smallest absolute Gasteiger partial charge is 0.260 e. The van der Waals surface area contributed by atoms with Crippen molar-refractivity contribution in [3.05, 3.63) is 24.3 Å². The molecule has 0 aromatic carbocycles. The third-order valence-corrected chi connectivity index (χ3v) is 4.59. The van der Waals surface area contributed by atoms with Crippen molar-refractivity contribution in [1.29, 1.82) is 0 Å². The molecule has 2 saturated carbocycles. The highest BCUT2D eigenvalue weighted by Gasteiger charge is 2.42. The molecule has 4 rings (SSSR count). The van der Waals surface area contributed by atoms with Crippen molar-refractivity contribution in [2.45, 2.75) is 31.6 Å². The molecule has 19 heavy (non-hydrogen) atoms.